The van der Waals surface area contributed by atoms with Crippen molar-refractivity contribution < 1.29 is 19.1 Å². The fourth-order valence-corrected chi connectivity index (χ4v) is 12.7. The summed E-state index contributed by atoms with van der Waals surface area (Å²) in [6, 6.07) is 18.0. The number of likely N-dealkylation sites (tertiary alicyclic amines) is 4. The SMILES string of the molecule is C1CCCC1.CC(C)n1cc(CN2CCCC23CCN(C(=O)OC(C)(C)C)CC3)c(-c2cccc(Br)c2)n1.CC(C)n1cc(CN2CCCC23CCN(C(=O)OC(C)(C)C)CC3)c(-c2cccc(N3CCCC3)c2)n1. The van der Waals surface area contributed by atoms with Crippen LogP contribution in [0.15, 0.2) is 65.4 Å². The summed E-state index contributed by atoms with van der Waals surface area (Å²) < 4.78 is 16.5. The van der Waals surface area contributed by atoms with Crippen molar-refractivity contribution in [1.82, 2.24) is 39.2 Å². The van der Waals surface area contributed by atoms with Gasteiger partial charge in [0.05, 0.1) is 11.4 Å². The molecule has 75 heavy (non-hydrogen) atoms. The first-order chi connectivity index (χ1) is 35.7. The zero-order chi connectivity index (χ0) is 53.5. The molecule has 6 fully saturated rings. The van der Waals surface area contributed by atoms with Crippen LogP contribution in [0.2, 0.25) is 0 Å². The van der Waals surface area contributed by atoms with Crippen LogP contribution in [0, 0.1) is 0 Å². The highest BCUT2D eigenvalue weighted by molar-refractivity contribution is 9.10. The molecular formula is C61H92BrN9O4. The number of rotatable bonds is 9. The van der Waals surface area contributed by atoms with Gasteiger partial charge in [-0.1, -0.05) is 72.3 Å². The maximum absolute atomic E-state index is 12.7. The van der Waals surface area contributed by atoms with E-state index in [9.17, 15) is 9.59 Å². The van der Waals surface area contributed by atoms with Crippen LogP contribution in [-0.2, 0) is 22.6 Å². The lowest BCUT2D eigenvalue weighted by atomic mass is 9.84. The van der Waals surface area contributed by atoms with Crippen LogP contribution in [0.1, 0.15) is 189 Å². The van der Waals surface area contributed by atoms with E-state index in [-0.39, 0.29) is 23.3 Å². The molecule has 412 valence electrons. The summed E-state index contributed by atoms with van der Waals surface area (Å²) in [6.45, 7) is 29.7. The fourth-order valence-electron chi connectivity index (χ4n) is 12.3. The van der Waals surface area contributed by atoms with Gasteiger partial charge in [-0.3, -0.25) is 19.2 Å². The Morgan fingerprint density at radius 1 is 0.547 bits per heavy atom. The number of benzene rings is 2. The van der Waals surface area contributed by atoms with Crippen molar-refractivity contribution in [3.05, 3.63) is 76.5 Å². The smallest absolute Gasteiger partial charge is 0.410 e. The zero-order valence-electron chi connectivity index (χ0n) is 47.6. The van der Waals surface area contributed by atoms with E-state index in [1.54, 1.807) is 0 Å². The summed E-state index contributed by atoms with van der Waals surface area (Å²) in [7, 11) is 0. The average Bonchev–Trinajstić information content (AvgIpc) is 4.24. The number of halogens is 1. The second-order valence-corrected chi connectivity index (χ2v) is 26.0. The minimum atomic E-state index is -0.454. The lowest BCUT2D eigenvalue weighted by molar-refractivity contribution is 0.000740. The normalized spacial score (nSPS) is 20.0. The average molecular weight is 1100 g/mol. The van der Waals surface area contributed by atoms with Gasteiger partial charge in [-0.05, 0) is 171 Å². The van der Waals surface area contributed by atoms with E-state index in [0.717, 1.165) is 113 Å². The molecule has 0 N–H and O–H groups in total. The van der Waals surface area contributed by atoms with Gasteiger partial charge in [-0.25, -0.2) is 9.59 Å². The largest absolute Gasteiger partial charge is 0.444 e. The first kappa shape index (κ1) is 56.8. The molecule has 2 amide bonds. The van der Waals surface area contributed by atoms with E-state index in [1.807, 2.05) is 51.3 Å². The molecule has 14 heteroatoms. The molecule has 4 aromatic rings. The Hall–Kier alpha value is -4.40. The summed E-state index contributed by atoms with van der Waals surface area (Å²) in [4.78, 5) is 36.8. The van der Waals surface area contributed by atoms with Crippen molar-refractivity contribution in [2.75, 3.05) is 57.3 Å². The first-order valence-corrected chi connectivity index (χ1v) is 29.7. The Bertz CT molecular complexity index is 2490. The molecule has 2 aromatic carbocycles. The predicted molar refractivity (Wildman–Crippen MR) is 307 cm³/mol. The quantitative estimate of drug-likeness (QED) is 0.162. The van der Waals surface area contributed by atoms with E-state index in [4.69, 9.17) is 19.7 Å². The minimum Gasteiger partial charge on any atom is -0.444 e. The summed E-state index contributed by atoms with van der Waals surface area (Å²) in [5.41, 5.74) is 7.85. The van der Waals surface area contributed by atoms with Crippen molar-refractivity contribution in [3.63, 3.8) is 0 Å². The summed E-state index contributed by atoms with van der Waals surface area (Å²) >= 11 is 3.61. The summed E-state index contributed by atoms with van der Waals surface area (Å²) in [6.07, 6.45) is 23.0. The zero-order valence-corrected chi connectivity index (χ0v) is 49.2. The third-order valence-electron chi connectivity index (χ3n) is 16.5. The predicted octanol–water partition coefficient (Wildman–Crippen LogP) is 14.3. The van der Waals surface area contributed by atoms with Crippen LogP contribution in [0.3, 0.4) is 0 Å². The molecular weight excluding hydrogens is 1000 g/mol. The van der Waals surface area contributed by atoms with Gasteiger partial charge in [0.1, 0.15) is 11.2 Å². The topological polar surface area (TPSA) is 104 Å². The minimum absolute atomic E-state index is 0.160. The third kappa shape index (κ3) is 14.6. The number of hydrogen-bond donors (Lipinski definition) is 0. The van der Waals surface area contributed by atoms with Crippen molar-refractivity contribution in [1.29, 1.82) is 0 Å². The number of carbonyl (C=O) groups excluding carboxylic acids is 2. The maximum Gasteiger partial charge on any atom is 0.410 e. The lowest BCUT2D eigenvalue weighted by Crippen LogP contribution is -2.53. The molecule has 13 nitrogen and oxygen atoms in total. The number of ether oxygens (including phenoxy) is 2. The van der Waals surface area contributed by atoms with Crippen LogP contribution >= 0.6 is 15.9 Å². The molecule has 0 bridgehead atoms. The number of amides is 2. The Labute approximate surface area is 459 Å². The lowest BCUT2D eigenvalue weighted by Gasteiger charge is -2.45. The Morgan fingerprint density at radius 3 is 1.36 bits per heavy atom. The standard InChI is InChI=1S/C30H45N5O2.C26H37BrN4O2.C5H10/c1-23(2)35-22-25(27(31-35)24-10-8-11-26(20-24)32-15-6-7-16-32)21-34-17-9-12-30(34)13-18-33(19-14-30)28(36)37-29(3,4)5;1-19(2)31-18-21(23(28-31)20-8-6-9-22(27)16-20)17-30-13-7-10-26(30)11-14-29(15-12-26)24(32)33-25(3,4)5;1-2-4-5-3-1/h8,10-11,20,22-23H,6-7,9,12-19,21H2,1-5H3;6,8-9,16,18-19H,7,10-15,17H2,1-5H3;1-5H2. The number of anilines is 1. The van der Waals surface area contributed by atoms with Gasteiger partial charge >= 0.3 is 12.2 Å². The molecule has 7 heterocycles. The molecule has 0 atom stereocenters. The van der Waals surface area contributed by atoms with Crippen molar-refractivity contribution >= 4 is 33.8 Å². The molecule has 2 spiro atoms. The van der Waals surface area contributed by atoms with Crippen molar-refractivity contribution in [2.45, 2.75) is 213 Å². The molecule has 5 aliphatic heterocycles. The number of piperidine rings is 2. The molecule has 6 aliphatic rings. The van der Waals surface area contributed by atoms with Gasteiger partial charge in [-0.15, -0.1) is 0 Å². The highest BCUT2D eigenvalue weighted by Crippen LogP contribution is 2.43. The Morgan fingerprint density at radius 2 is 0.960 bits per heavy atom. The molecule has 1 aliphatic carbocycles. The van der Waals surface area contributed by atoms with Gasteiger partial charge in [0.15, 0.2) is 0 Å². The van der Waals surface area contributed by atoms with Gasteiger partial charge in [0.25, 0.3) is 0 Å². The second-order valence-electron chi connectivity index (χ2n) is 25.1. The second kappa shape index (κ2) is 24.5. The van der Waals surface area contributed by atoms with Crippen LogP contribution in [-0.4, -0.2) is 126 Å². The number of hydrogen-bond acceptors (Lipinski definition) is 9. The van der Waals surface area contributed by atoms with Crippen LogP contribution in [0.4, 0.5) is 15.3 Å². The fraction of sp³-hybridized carbons (Fsp3) is 0.672. The number of carbonyl (C=O) groups is 2. The molecule has 5 saturated heterocycles. The van der Waals surface area contributed by atoms with Crippen molar-refractivity contribution in [3.8, 4) is 22.5 Å². The maximum atomic E-state index is 12.7. The molecule has 1 saturated carbocycles. The van der Waals surface area contributed by atoms with Gasteiger partial charge in [0.2, 0.25) is 0 Å². The van der Waals surface area contributed by atoms with E-state index in [2.05, 4.69) is 129 Å². The highest BCUT2D eigenvalue weighted by Gasteiger charge is 2.46. The molecule has 0 radical (unpaired) electrons. The van der Waals surface area contributed by atoms with Gasteiger partial charge in [-0.2, -0.15) is 10.2 Å². The Kier molecular flexibility index (Phi) is 18.6. The molecule has 2 aromatic heterocycles. The Balaban J connectivity index is 0.000000183. The third-order valence-corrected chi connectivity index (χ3v) is 17.0. The van der Waals surface area contributed by atoms with E-state index in [0.29, 0.717) is 12.1 Å². The number of nitrogens with zero attached hydrogens (tertiary/aromatic N) is 9. The summed E-state index contributed by atoms with van der Waals surface area (Å²) in [5.74, 6) is 0. The highest BCUT2D eigenvalue weighted by atomic mass is 79.9. The van der Waals surface area contributed by atoms with Crippen LogP contribution in [0.25, 0.3) is 22.5 Å². The van der Waals surface area contributed by atoms with Gasteiger partial charge in [0, 0.05) is 120 Å². The summed E-state index contributed by atoms with van der Waals surface area (Å²) in [5, 5.41) is 10.1. The van der Waals surface area contributed by atoms with E-state index >= 15 is 0 Å². The monoisotopic (exact) mass is 1090 g/mol. The van der Waals surface area contributed by atoms with Crippen LogP contribution < -0.4 is 4.90 Å². The number of aromatic nitrogens is 4. The van der Waals surface area contributed by atoms with E-state index < -0.39 is 11.2 Å². The molecule has 10 rings (SSSR count). The van der Waals surface area contributed by atoms with Gasteiger partial charge < -0.3 is 24.2 Å². The van der Waals surface area contributed by atoms with E-state index in [1.165, 1.54) is 93.0 Å². The molecule has 0 unspecified atom stereocenters. The first-order valence-electron chi connectivity index (χ1n) is 28.9. The van der Waals surface area contributed by atoms with Crippen molar-refractivity contribution in [2.24, 2.45) is 0 Å². The van der Waals surface area contributed by atoms with Crippen LogP contribution in [0.5, 0.6) is 0 Å².